The smallest absolute Gasteiger partial charge is 0.409 e. The molecule has 150 valence electrons. The third kappa shape index (κ3) is 5.38. The number of halogens is 2. The van der Waals surface area contributed by atoms with E-state index in [1.165, 1.54) is 0 Å². The maximum absolute atomic E-state index is 12.1. The molecular weight excluding hydrogens is 387 g/mol. The Morgan fingerprint density at radius 1 is 1.15 bits per heavy atom. The summed E-state index contributed by atoms with van der Waals surface area (Å²) in [7, 11) is 0. The Bertz CT molecular complexity index is 630. The lowest BCUT2D eigenvalue weighted by molar-refractivity contribution is 0.0770. The molecule has 0 unspecified atom stereocenters. The zero-order chi connectivity index (χ0) is 19.2. The lowest BCUT2D eigenvalue weighted by atomic mass is 9.79. The van der Waals surface area contributed by atoms with Gasteiger partial charge in [-0.25, -0.2) is 9.78 Å². The van der Waals surface area contributed by atoms with Crippen LogP contribution in [0.5, 0.6) is 0 Å². The summed E-state index contributed by atoms with van der Waals surface area (Å²) in [5.74, 6) is 2.04. The van der Waals surface area contributed by atoms with E-state index < -0.39 is 0 Å². The van der Waals surface area contributed by atoms with E-state index in [0.29, 0.717) is 34.6 Å². The van der Waals surface area contributed by atoms with Crippen LogP contribution in [0.2, 0.25) is 10.2 Å². The van der Waals surface area contributed by atoms with E-state index in [0.717, 1.165) is 64.7 Å². The molecule has 0 aliphatic carbocycles. The van der Waals surface area contributed by atoms with Gasteiger partial charge in [0.25, 0.3) is 0 Å². The van der Waals surface area contributed by atoms with Gasteiger partial charge in [0.1, 0.15) is 0 Å². The summed E-state index contributed by atoms with van der Waals surface area (Å²) in [5.41, 5.74) is 0. The number of unbranched alkanes of at least 4 members (excludes halogenated alkanes) is 1. The van der Waals surface area contributed by atoms with Crippen LogP contribution < -0.4 is 4.90 Å². The van der Waals surface area contributed by atoms with E-state index in [1.54, 1.807) is 6.20 Å². The molecule has 1 aromatic rings. The van der Waals surface area contributed by atoms with Crippen molar-refractivity contribution in [1.82, 2.24) is 14.9 Å². The number of piperidine rings is 2. The number of hydrogen-bond donors (Lipinski definition) is 0. The third-order valence-corrected chi connectivity index (χ3v) is 6.36. The summed E-state index contributed by atoms with van der Waals surface area (Å²) < 4.78 is 5.33. The minimum Gasteiger partial charge on any atom is -0.449 e. The third-order valence-electron chi connectivity index (χ3n) is 5.70. The first kappa shape index (κ1) is 20.5. The van der Waals surface area contributed by atoms with Crippen LogP contribution in [0.3, 0.4) is 0 Å². The van der Waals surface area contributed by atoms with Crippen molar-refractivity contribution in [2.24, 2.45) is 11.8 Å². The standard InChI is InChI=1S/C19H28Cl2N4O2/c1-2-3-12-27-19(26)25-10-6-15(7-11-25)14-4-8-24(9-5-14)18-22-13-16(20)17(21)23-18/h13-15H,2-12H2,1H3. The van der Waals surface area contributed by atoms with E-state index >= 15 is 0 Å². The molecule has 8 heteroatoms. The van der Waals surface area contributed by atoms with Crippen LogP contribution in [-0.2, 0) is 4.74 Å². The fourth-order valence-electron chi connectivity index (χ4n) is 4.01. The molecule has 0 radical (unpaired) electrons. The first-order chi connectivity index (χ1) is 13.1. The highest BCUT2D eigenvalue weighted by Crippen LogP contribution is 2.33. The van der Waals surface area contributed by atoms with E-state index in [9.17, 15) is 4.79 Å². The summed E-state index contributed by atoms with van der Waals surface area (Å²) in [6.07, 6.45) is 7.77. The Kier molecular flexibility index (Phi) is 7.41. The molecule has 0 aromatic carbocycles. The summed E-state index contributed by atoms with van der Waals surface area (Å²) in [5, 5.41) is 0.692. The quantitative estimate of drug-likeness (QED) is 0.518. The molecule has 1 aromatic heterocycles. The Morgan fingerprint density at radius 2 is 1.78 bits per heavy atom. The fourth-order valence-corrected chi connectivity index (χ4v) is 4.22. The van der Waals surface area contributed by atoms with Crippen molar-refractivity contribution in [2.45, 2.75) is 45.4 Å². The van der Waals surface area contributed by atoms with E-state index in [-0.39, 0.29) is 6.09 Å². The zero-order valence-corrected chi connectivity index (χ0v) is 17.4. The predicted molar refractivity (Wildman–Crippen MR) is 108 cm³/mol. The number of carbonyl (C=O) groups excluding carboxylic acids is 1. The number of likely N-dealkylation sites (tertiary alicyclic amines) is 1. The first-order valence-corrected chi connectivity index (χ1v) is 10.7. The number of hydrogen-bond acceptors (Lipinski definition) is 5. The van der Waals surface area contributed by atoms with Gasteiger partial charge in [-0.3, -0.25) is 0 Å². The lowest BCUT2D eigenvalue weighted by Crippen LogP contribution is -2.43. The molecular formula is C19H28Cl2N4O2. The molecule has 6 nitrogen and oxygen atoms in total. The number of amides is 1. The highest BCUT2D eigenvalue weighted by atomic mass is 35.5. The minimum atomic E-state index is -0.145. The van der Waals surface area contributed by atoms with E-state index in [4.69, 9.17) is 27.9 Å². The second kappa shape index (κ2) is 9.78. The maximum atomic E-state index is 12.1. The molecule has 3 heterocycles. The minimum absolute atomic E-state index is 0.145. The highest BCUT2D eigenvalue weighted by Gasteiger charge is 2.31. The zero-order valence-electron chi connectivity index (χ0n) is 15.9. The van der Waals surface area contributed by atoms with E-state index in [1.807, 2.05) is 4.90 Å². The van der Waals surface area contributed by atoms with Gasteiger partial charge in [-0.2, -0.15) is 4.98 Å². The maximum Gasteiger partial charge on any atom is 0.409 e. The number of ether oxygens (including phenoxy) is 1. The van der Waals surface area contributed by atoms with E-state index in [2.05, 4.69) is 21.8 Å². The number of carbonyl (C=O) groups is 1. The van der Waals surface area contributed by atoms with Gasteiger partial charge < -0.3 is 14.5 Å². The molecule has 0 atom stereocenters. The van der Waals surface area contributed by atoms with Gasteiger partial charge in [0.2, 0.25) is 5.95 Å². The SMILES string of the molecule is CCCCOC(=O)N1CCC(C2CCN(c3ncc(Cl)c(Cl)n3)CC2)CC1. The van der Waals surface area contributed by atoms with Crippen LogP contribution in [0.15, 0.2) is 6.20 Å². The normalized spacial score (nSPS) is 19.4. The van der Waals surface area contributed by atoms with Crippen molar-refractivity contribution >= 4 is 35.2 Å². The van der Waals surface area contributed by atoms with Crippen LogP contribution in [0.4, 0.5) is 10.7 Å². The van der Waals surface area contributed by atoms with Gasteiger partial charge in [0, 0.05) is 26.2 Å². The number of rotatable bonds is 5. The molecule has 3 rings (SSSR count). The number of nitrogens with zero attached hydrogens (tertiary/aromatic N) is 4. The van der Waals surface area contributed by atoms with Crippen LogP contribution in [-0.4, -0.2) is 53.7 Å². The predicted octanol–water partition coefficient (Wildman–Crippen LogP) is 4.65. The first-order valence-electron chi connectivity index (χ1n) is 9.93. The van der Waals surface area contributed by atoms with Crippen LogP contribution >= 0.6 is 23.2 Å². The average Bonchev–Trinajstić information content (AvgIpc) is 2.70. The van der Waals surface area contributed by atoms with Crippen molar-refractivity contribution in [3.8, 4) is 0 Å². The van der Waals surface area contributed by atoms with Gasteiger partial charge in [0.15, 0.2) is 5.15 Å². The molecule has 1 amide bonds. The number of aromatic nitrogens is 2. The fraction of sp³-hybridized carbons (Fsp3) is 0.737. The Morgan fingerprint density at radius 3 is 2.37 bits per heavy atom. The molecule has 2 aliphatic heterocycles. The summed E-state index contributed by atoms with van der Waals surface area (Å²) in [6, 6.07) is 0. The molecule has 0 spiro atoms. The lowest BCUT2D eigenvalue weighted by Gasteiger charge is -2.39. The monoisotopic (exact) mass is 414 g/mol. The molecule has 0 N–H and O–H groups in total. The largest absolute Gasteiger partial charge is 0.449 e. The van der Waals surface area contributed by atoms with Gasteiger partial charge in [-0.1, -0.05) is 36.5 Å². The second-order valence-corrected chi connectivity index (χ2v) is 8.19. The van der Waals surface area contributed by atoms with Gasteiger partial charge >= 0.3 is 6.09 Å². The summed E-state index contributed by atoms with van der Waals surface area (Å²) in [4.78, 5) is 24.7. The number of anilines is 1. The van der Waals surface area contributed by atoms with Crippen LogP contribution in [0.1, 0.15) is 45.4 Å². The Hall–Kier alpha value is -1.27. The van der Waals surface area contributed by atoms with Crippen molar-refractivity contribution in [2.75, 3.05) is 37.7 Å². The Labute approximate surface area is 171 Å². The average molecular weight is 415 g/mol. The molecule has 27 heavy (non-hydrogen) atoms. The summed E-state index contributed by atoms with van der Waals surface area (Å²) >= 11 is 11.9. The van der Waals surface area contributed by atoms with Crippen molar-refractivity contribution in [1.29, 1.82) is 0 Å². The van der Waals surface area contributed by atoms with Gasteiger partial charge in [0.05, 0.1) is 17.8 Å². The van der Waals surface area contributed by atoms with Gasteiger partial charge in [-0.15, -0.1) is 0 Å². The summed E-state index contributed by atoms with van der Waals surface area (Å²) in [6.45, 7) is 6.12. The highest BCUT2D eigenvalue weighted by molar-refractivity contribution is 6.41. The molecule has 0 saturated carbocycles. The van der Waals surface area contributed by atoms with Crippen molar-refractivity contribution in [3.05, 3.63) is 16.4 Å². The van der Waals surface area contributed by atoms with Crippen molar-refractivity contribution < 1.29 is 9.53 Å². The van der Waals surface area contributed by atoms with Crippen LogP contribution in [0.25, 0.3) is 0 Å². The van der Waals surface area contributed by atoms with Crippen molar-refractivity contribution in [3.63, 3.8) is 0 Å². The molecule has 0 bridgehead atoms. The Balaban J connectivity index is 1.43. The second-order valence-electron chi connectivity index (χ2n) is 7.43. The molecule has 2 aliphatic rings. The van der Waals surface area contributed by atoms with Gasteiger partial charge in [-0.05, 0) is 43.9 Å². The molecule has 2 fully saturated rings. The molecule has 2 saturated heterocycles. The topological polar surface area (TPSA) is 58.6 Å². The van der Waals surface area contributed by atoms with Crippen LogP contribution in [0, 0.1) is 11.8 Å².